The predicted molar refractivity (Wildman–Crippen MR) is 117 cm³/mol. The second-order valence-corrected chi connectivity index (χ2v) is 8.48. The molecule has 2 fully saturated rings. The van der Waals surface area contributed by atoms with Crippen LogP contribution in [0.25, 0.3) is 0 Å². The van der Waals surface area contributed by atoms with Crippen LogP contribution in [0.4, 0.5) is 0 Å². The molecule has 222 valence electrons. The molecule has 9 atom stereocenters. The Morgan fingerprint density at radius 2 is 1.39 bits per heavy atom. The third-order valence-corrected chi connectivity index (χ3v) is 5.59. The highest BCUT2D eigenvalue weighted by Crippen LogP contribution is 2.37. The molecule has 2 aliphatic rings. The average molecular weight is 561 g/mol. The lowest BCUT2D eigenvalue weighted by atomic mass is 9.99. The van der Waals surface area contributed by atoms with Crippen molar-refractivity contribution in [3.8, 4) is 0 Å². The zero-order valence-electron chi connectivity index (χ0n) is 20.0. The highest BCUT2D eigenvalue weighted by Gasteiger charge is 2.60. The number of carboxylic acids is 1. The summed E-state index contributed by atoms with van der Waals surface area (Å²) in [5.41, 5.74) is 3.94. The Morgan fingerprint density at radius 3 is 1.82 bits per heavy atom. The number of aliphatic hydroxyl groups is 10. The number of carboxylic acid groups (broad SMARTS) is 1. The molecule has 13 N–H and O–H groups in total. The van der Waals surface area contributed by atoms with Crippen molar-refractivity contribution in [1.82, 2.24) is 0 Å². The van der Waals surface area contributed by atoms with Gasteiger partial charge in [0.2, 0.25) is 5.79 Å². The molecular formula is C20H35NO17. The Kier molecular flexibility index (Phi) is 13.5. The lowest BCUT2D eigenvalue weighted by Gasteiger charge is -2.43. The van der Waals surface area contributed by atoms with Gasteiger partial charge in [-0.25, -0.2) is 9.59 Å². The van der Waals surface area contributed by atoms with Gasteiger partial charge in [0.15, 0.2) is 12.4 Å². The second kappa shape index (κ2) is 15.1. The monoisotopic (exact) mass is 561 g/mol. The van der Waals surface area contributed by atoms with Crippen LogP contribution in [0.3, 0.4) is 0 Å². The van der Waals surface area contributed by atoms with Gasteiger partial charge in [-0.2, -0.15) is 0 Å². The summed E-state index contributed by atoms with van der Waals surface area (Å²) in [6.07, 6.45) is -12.7. The quantitative estimate of drug-likeness (QED) is 0.0822. The lowest BCUT2D eigenvalue weighted by molar-refractivity contribution is -0.383. The SMILES string of the molecule is NC(CO)(CO)CO.O=C(O)/C=C\C(=O)O[C@H]1[C@H](O)[C@@H](CO)O[C@@]1(CO)O[C@H]1O[C@H](CO)[C@@H](O)[C@H](O)[C@H]1O. The number of esters is 1. The third-order valence-electron chi connectivity index (χ3n) is 5.59. The molecule has 2 heterocycles. The molecule has 2 saturated heterocycles. The van der Waals surface area contributed by atoms with Gasteiger partial charge in [0.1, 0.15) is 43.2 Å². The Morgan fingerprint density at radius 1 is 0.842 bits per heavy atom. The van der Waals surface area contributed by atoms with Crippen molar-refractivity contribution in [2.45, 2.75) is 60.3 Å². The summed E-state index contributed by atoms with van der Waals surface area (Å²) >= 11 is 0. The molecule has 0 amide bonds. The van der Waals surface area contributed by atoms with E-state index < -0.39 is 112 Å². The molecular weight excluding hydrogens is 526 g/mol. The number of rotatable bonds is 11. The van der Waals surface area contributed by atoms with Gasteiger partial charge in [-0.15, -0.1) is 0 Å². The van der Waals surface area contributed by atoms with E-state index in [1.807, 2.05) is 0 Å². The van der Waals surface area contributed by atoms with E-state index in [1.165, 1.54) is 0 Å². The fourth-order valence-corrected chi connectivity index (χ4v) is 3.23. The summed E-state index contributed by atoms with van der Waals surface area (Å²) in [6, 6.07) is 0. The molecule has 18 nitrogen and oxygen atoms in total. The number of aliphatic carboxylic acids is 1. The van der Waals surface area contributed by atoms with E-state index in [0.29, 0.717) is 12.2 Å². The zero-order valence-corrected chi connectivity index (χ0v) is 20.0. The minimum atomic E-state index is -2.42. The number of carbonyl (C=O) groups excluding carboxylic acids is 1. The first-order valence-electron chi connectivity index (χ1n) is 11.1. The highest BCUT2D eigenvalue weighted by molar-refractivity contribution is 5.90. The fraction of sp³-hybridized carbons (Fsp3) is 0.800. The van der Waals surface area contributed by atoms with Gasteiger partial charge in [-0.1, -0.05) is 0 Å². The number of hydrogen-bond donors (Lipinski definition) is 12. The number of aliphatic hydroxyl groups excluding tert-OH is 10. The van der Waals surface area contributed by atoms with Crippen LogP contribution in [0.15, 0.2) is 12.2 Å². The zero-order chi connectivity index (χ0) is 29.3. The largest absolute Gasteiger partial charge is 0.478 e. The number of hydrogen-bond acceptors (Lipinski definition) is 17. The van der Waals surface area contributed by atoms with Crippen molar-refractivity contribution in [1.29, 1.82) is 0 Å². The summed E-state index contributed by atoms with van der Waals surface area (Å²) in [6.45, 7) is -3.91. The predicted octanol–water partition coefficient (Wildman–Crippen LogP) is -7.54. The van der Waals surface area contributed by atoms with Gasteiger partial charge in [-0.3, -0.25) is 0 Å². The molecule has 2 rings (SSSR count). The van der Waals surface area contributed by atoms with E-state index in [-0.39, 0.29) is 0 Å². The maximum Gasteiger partial charge on any atom is 0.331 e. The molecule has 0 unspecified atom stereocenters. The van der Waals surface area contributed by atoms with Crippen molar-refractivity contribution < 1.29 is 84.7 Å². The summed E-state index contributed by atoms with van der Waals surface area (Å²) in [4.78, 5) is 22.4. The smallest absolute Gasteiger partial charge is 0.331 e. The van der Waals surface area contributed by atoms with Crippen molar-refractivity contribution in [2.24, 2.45) is 5.73 Å². The lowest BCUT2D eigenvalue weighted by Crippen LogP contribution is -2.63. The van der Waals surface area contributed by atoms with Gasteiger partial charge in [0, 0.05) is 12.2 Å². The van der Waals surface area contributed by atoms with Crippen LogP contribution in [0.5, 0.6) is 0 Å². The van der Waals surface area contributed by atoms with Crippen LogP contribution in [0, 0.1) is 0 Å². The van der Waals surface area contributed by atoms with Crippen LogP contribution >= 0.6 is 0 Å². The summed E-state index contributed by atoms with van der Waals surface area (Å²) < 4.78 is 20.8. The maximum absolute atomic E-state index is 11.9. The van der Waals surface area contributed by atoms with E-state index in [2.05, 4.69) is 0 Å². The molecule has 0 aromatic carbocycles. The van der Waals surface area contributed by atoms with Crippen molar-refractivity contribution in [2.75, 3.05) is 39.6 Å². The van der Waals surface area contributed by atoms with Crippen molar-refractivity contribution >= 4 is 11.9 Å². The van der Waals surface area contributed by atoms with Gasteiger partial charge < -0.3 is 80.9 Å². The van der Waals surface area contributed by atoms with Gasteiger partial charge in [-0.05, 0) is 0 Å². The van der Waals surface area contributed by atoms with Gasteiger partial charge in [0.25, 0.3) is 0 Å². The second-order valence-electron chi connectivity index (χ2n) is 8.48. The highest BCUT2D eigenvalue weighted by atomic mass is 16.8. The van der Waals surface area contributed by atoms with Crippen LogP contribution in [-0.4, -0.2) is 168 Å². The average Bonchev–Trinajstić information content (AvgIpc) is 3.18. The summed E-state index contributed by atoms with van der Waals surface area (Å²) in [5, 5.41) is 102. The van der Waals surface area contributed by atoms with E-state index in [0.717, 1.165) is 0 Å². The first-order valence-corrected chi connectivity index (χ1v) is 11.1. The van der Waals surface area contributed by atoms with Crippen molar-refractivity contribution in [3.05, 3.63) is 12.2 Å². The minimum Gasteiger partial charge on any atom is -0.478 e. The van der Waals surface area contributed by atoms with Gasteiger partial charge in [0.05, 0.1) is 38.6 Å². The number of ether oxygens (including phenoxy) is 4. The number of nitrogens with two attached hydrogens (primary N) is 1. The van der Waals surface area contributed by atoms with Crippen molar-refractivity contribution in [3.63, 3.8) is 0 Å². The Hall–Kier alpha value is -1.88. The van der Waals surface area contributed by atoms with Crippen LogP contribution < -0.4 is 5.73 Å². The Labute approximate surface area is 215 Å². The topological polar surface area (TPSA) is 320 Å². The normalized spacial score (nSPS) is 35.6. The molecule has 38 heavy (non-hydrogen) atoms. The maximum atomic E-state index is 11.9. The summed E-state index contributed by atoms with van der Waals surface area (Å²) in [5.74, 6) is -5.15. The molecule has 18 heteroatoms. The molecule has 0 spiro atoms. The first kappa shape index (κ1) is 34.1. The van der Waals surface area contributed by atoms with E-state index >= 15 is 0 Å². The van der Waals surface area contributed by atoms with E-state index in [1.54, 1.807) is 0 Å². The van der Waals surface area contributed by atoms with E-state index in [4.69, 9.17) is 45.1 Å². The van der Waals surface area contributed by atoms with Gasteiger partial charge >= 0.3 is 11.9 Å². The van der Waals surface area contributed by atoms with Crippen LogP contribution in [0.2, 0.25) is 0 Å². The molecule has 0 aliphatic carbocycles. The fourth-order valence-electron chi connectivity index (χ4n) is 3.23. The Balaban J connectivity index is 0.000000781. The molecule has 2 aliphatic heterocycles. The van der Waals surface area contributed by atoms with E-state index in [9.17, 15) is 45.3 Å². The summed E-state index contributed by atoms with van der Waals surface area (Å²) in [7, 11) is 0. The van der Waals surface area contributed by atoms with Crippen LogP contribution in [-0.2, 0) is 28.5 Å². The van der Waals surface area contributed by atoms with Crippen LogP contribution in [0.1, 0.15) is 0 Å². The molecule has 0 radical (unpaired) electrons. The minimum absolute atomic E-state index is 0.403. The third kappa shape index (κ3) is 8.31. The molecule has 0 saturated carbocycles. The standard InChI is InChI=1S/C16H24O14.C4H11NO3/c17-3-6-10(23)12(25)13(26)15(27-6)30-16(5-19)14(11(24)7(4-18)29-16)28-9(22)2-1-8(20)21;5-4(1-6,2-7)3-8/h1-2,6-7,10-15,17-19,23-26H,3-5H2,(H,20,21);6-8H,1-3,5H2/b2-1-;/t6-,7-,10-,11-,12+,13-,14+,15-,16+;/m1./s1. The molecule has 0 bridgehead atoms. The number of carbonyl (C=O) groups is 2. The molecule has 0 aromatic rings. The first-order chi connectivity index (χ1) is 17.8. The Bertz CT molecular complexity index is 768. The molecule has 0 aromatic heterocycles.